The molecule has 0 aliphatic carbocycles. The Bertz CT molecular complexity index is 1090. The molecule has 0 saturated heterocycles. The van der Waals surface area contributed by atoms with Crippen molar-refractivity contribution >= 4 is 55.0 Å². The Hall–Kier alpha value is -2.65. The first-order chi connectivity index (χ1) is 21.1. The van der Waals surface area contributed by atoms with Crippen LogP contribution in [0.25, 0.3) is 0 Å². The van der Waals surface area contributed by atoms with E-state index < -0.39 is 61.5 Å². The van der Waals surface area contributed by atoms with Gasteiger partial charge in [0, 0.05) is 43.7 Å². The van der Waals surface area contributed by atoms with Gasteiger partial charge in [0.2, 0.25) is 5.91 Å². The van der Waals surface area contributed by atoms with Gasteiger partial charge in [0.25, 0.3) is 5.91 Å². The third-order valence-electron chi connectivity index (χ3n) is 6.88. The van der Waals surface area contributed by atoms with Crippen molar-refractivity contribution in [1.29, 1.82) is 0 Å². The van der Waals surface area contributed by atoms with Crippen molar-refractivity contribution in [3.63, 3.8) is 0 Å². The molecule has 0 spiro atoms. The number of alkyl carbamates (subject to hydrolysis) is 1. The van der Waals surface area contributed by atoms with Crippen molar-refractivity contribution in [3.05, 3.63) is 0 Å². The second-order valence-electron chi connectivity index (χ2n) is 15.5. The van der Waals surface area contributed by atoms with Crippen molar-refractivity contribution in [3.8, 4) is 0 Å². The van der Waals surface area contributed by atoms with E-state index in [4.69, 9.17) is 18.6 Å². The van der Waals surface area contributed by atoms with Crippen LogP contribution in [0, 0.1) is 5.41 Å². The highest BCUT2D eigenvalue weighted by atomic mass is 32.2. The molecule has 0 aromatic carbocycles. The van der Waals surface area contributed by atoms with Crippen LogP contribution < -0.4 is 16.0 Å². The van der Waals surface area contributed by atoms with E-state index in [0.717, 1.165) is 11.8 Å². The van der Waals surface area contributed by atoms with Crippen molar-refractivity contribution < 1.29 is 47.4 Å². The molecular formula is C32H59N3O10SSi. The minimum Gasteiger partial charge on any atom is -0.460 e. The number of carbonyl (C=O) groups excluding carboxylic acids is 6. The lowest BCUT2D eigenvalue weighted by molar-refractivity contribution is -0.164. The monoisotopic (exact) mass is 705 g/mol. The second kappa shape index (κ2) is 18.8. The number of esters is 2. The van der Waals surface area contributed by atoms with E-state index in [1.807, 2.05) is 0 Å². The first kappa shape index (κ1) is 44.3. The normalized spacial score (nSPS) is 13.2. The molecule has 0 saturated carbocycles. The van der Waals surface area contributed by atoms with Gasteiger partial charge in [0.1, 0.15) is 17.7 Å². The first-order valence-corrected chi connectivity index (χ1v) is 19.8. The Balaban J connectivity index is 5.07. The molecule has 0 heterocycles. The molecule has 0 fully saturated rings. The predicted octanol–water partition coefficient (Wildman–Crippen LogP) is 4.48. The second-order valence-corrected chi connectivity index (χ2v) is 21.4. The average Bonchev–Trinajstić information content (AvgIpc) is 2.88. The fraction of sp³-hybridized carbons (Fsp3) is 0.812. The maximum Gasteiger partial charge on any atom is 0.408 e. The number of rotatable bonds is 17. The van der Waals surface area contributed by atoms with Gasteiger partial charge >= 0.3 is 18.0 Å². The van der Waals surface area contributed by atoms with Crippen LogP contribution in [0.4, 0.5) is 4.79 Å². The summed E-state index contributed by atoms with van der Waals surface area (Å²) in [6, 6.07) is 0. The van der Waals surface area contributed by atoms with Crippen LogP contribution in [0.3, 0.4) is 0 Å². The number of carbonyl (C=O) groups is 6. The quantitative estimate of drug-likeness (QED) is 0.0843. The molecule has 0 radical (unpaired) electrons. The molecule has 272 valence electrons. The summed E-state index contributed by atoms with van der Waals surface area (Å²) < 4.78 is 22.3. The maximum atomic E-state index is 13.3. The van der Waals surface area contributed by atoms with E-state index in [1.165, 1.54) is 0 Å². The summed E-state index contributed by atoms with van der Waals surface area (Å²) >= 11 is 1.01. The molecule has 0 aromatic rings. The highest BCUT2D eigenvalue weighted by molar-refractivity contribution is 8.13. The molecule has 47 heavy (non-hydrogen) atoms. The number of hydrogen-bond acceptors (Lipinski definition) is 11. The Morgan fingerprint density at radius 3 is 1.81 bits per heavy atom. The topological polar surface area (TPSA) is 175 Å². The fourth-order valence-electron chi connectivity index (χ4n) is 3.36. The highest BCUT2D eigenvalue weighted by Gasteiger charge is 2.43. The van der Waals surface area contributed by atoms with Crippen LogP contribution in [0.2, 0.25) is 18.1 Å². The number of amides is 3. The van der Waals surface area contributed by atoms with Crippen molar-refractivity contribution in [2.45, 2.75) is 131 Å². The number of ether oxygens (including phenoxy) is 3. The molecule has 1 atom stereocenters. The molecule has 0 unspecified atom stereocenters. The van der Waals surface area contributed by atoms with Crippen molar-refractivity contribution in [1.82, 2.24) is 16.0 Å². The third-order valence-corrected chi connectivity index (χ3v) is 12.3. The van der Waals surface area contributed by atoms with Crippen molar-refractivity contribution in [2.24, 2.45) is 5.41 Å². The molecule has 0 aliphatic heterocycles. The van der Waals surface area contributed by atoms with Crippen LogP contribution in [0.5, 0.6) is 0 Å². The minimum atomic E-state index is -2.21. The molecule has 13 nitrogen and oxygen atoms in total. The average molecular weight is 706 g/mol. The van der Waals surface area contributed by atoms with Gasteiger partial charge in [-0.3, -0.25) is 24.0 Å². The number of nitrogens with one attached hydrogen (secondary N) is 3. The summed E-state index contributed by atoms with van der Waals surface area (Å²) in [5.74, 6) is -1.92. The maximum absolute atomic E-state index is 13.3. The van der Waals surface area contributed by atoms with E-state index >= 15 is 0 Å². The van der Waals surface area contributed by atoms with Crippen LogP contribution >= 0.6 is 11.8 Å². The fourth-order valence-corrected chi connectivity index (χ4v) is 5.21. The lowest BCUT2D eigenvalue weighted by atomic mass is 9.86. The van der Waals surface area contributed by atoms with E-state index in [2.05, 4.69) is 49.8 Å². The summed E-state index contributed by atoms with van der Waals surface area (Å²) in [5.41, 5.74) is -2.33. The number of thioether (sulfide) groups is 1. The highest BCUT2D eigenvalue weighted by Crippen LogP contribution is 2.38. The molecule has 0 aliphatic rings. The van der Waals surface area contributed by atoms with E-state index in [1.54, 1.807) is 55.4 Å². The van der Waals surface area contributed by atoms with Gasteiger partial charge in [0.15, 0.2) is 19.5 Å². The smallest absolute Gasteiger partial charge is 0.408 e. The van der Waals surface area contributed by atoms with E-state index in [0.29, 0.717) is 5.75 Å². The molecule has 0 aromatic heterocycles. The lowest BCUT2D eigenvalue weighted by Gasteiger charge is -2.40. The summed E-state index contributed by atoms with van der Waals surface area (Å²) in [6.45, 7) is 24.1. The summed E-state index contributed by atoms with van der Waals surface area (Å²) in [7, 11) is -2.21. The predicted molar refractivity (Wildman–Crippen MR) is 184 cm³/mol. The molecule has 15 heteroatoms. The molecule has 3 N–H and O–H groups in total. The standard InChI is InChI=1S/C32H59N3O10SSi/c1-29(2,3)44-23(37)14-15-25(39)46-19-18-33-22(36)16-17-34-27(40)26(32(10,11)21-42-47(12,13)31(7,8)9)43-24(38)20-35-28(41)45-30(4,5)6/h26H,14-21H2,1-13H3,(H,33,36)(H,34,40)(H,35,41)/t26-/m0/s1. The van der Waals surface area contributed by atoms with E-state index in [-0.39, 0.29) is 55.0 Å². The SMILES string of the molecule is CC(C)(C)OC(=O)CCC(=O)SCCNC(=O)CCNC(=O)[C@H](OC(=O)CNC(=O)OC(C)(C)C)C(C)(C)CO[Si](C)(C)C(C)(C)C. The van der Waals surface area contributed by atoms with Gasteiger partial charge in [-0.05, 0) is 59.7 Å². The molecular weight excluding hydrogens is 647 g/mol. The van der Waals surface area contributed by atoms with Gasteiger partial charge in [-0.25, -0.2) is 4.79 Å². The van der Waals surface area contributed by atoms with Crippen molar-refractivity contribution in [2.75, 3.05) is 32.0 Å². The Morgan fingerprint density at radius 1 is 0.702 bits per heavy atom. The lowest BCUT2D eigenvalue weighted by Crippen LogP contribution is -2.52. The van der Waals surface area contributed by atoms with Crippen LogP contribution in [0.1, 0.15) is 95.4 Å². The Morgan fingerprint density at radius 2 is 1.28 bits per heavy atom. The van der Waals surface area contributed by atoms with Crippen LogP contribution in [-0.4, -0.2) is 92.6 Å². The van der Waals surface area contributed by atoms with Gasteiger partial charge in [-0.15, -0.1) is 0 Å². The largest absolute Gasteiger partial charge is 0.460 e. The van der Waals surface area contributed by atoms with Gasteiger partial charge < -0.3 is 34.6 Å². The van der Waals surface area contributed by atoms with Crippen LogP contribution in [-0.2, 0) is 42.6 Å². The summed E-state index contributed by atoms with van der Waals surface area (Å²) in [6.07, 6.45) is -2.10. The zero-order chi connectivity index (χ0) is 36.9. The van der Waals surface area contributed by atoms with Crippen LogP contribution in [0.15, 0.2) is 0 Å². The summed E-state index contributed by atoms with van der Waals surface area (Å²) in [5, 5.41) is 7.41. The zero-order valence-corrected chi connectivity index (χ0v) is 32.5. The summed E-state index contributed by atoms with van der Waals surface area (Å²) in [4.78, 5) is 74.2. The Kier molecular flexibility index (Phi) is 17.7. The van der Waals surface area contributed by atoms with Gasteiger partial charge in [-0.1, -0.05) is 46.4 Å². The minimum absolute atomic E-state index is 0.00899. The molecule has 0 bridgehead atoms. The molecule has 0 rings (SSSR count). The molecule has 3 amide bonds. The Labute approximate surface area is 286 Å². The van der Waals surface area contributed by atoms with E-state index in [9.17, 15) is 28.8 Å². The zero-order valence-electron chi connectivity index (χ0n) is 30.7. The first-order valence-electron chi connectivity index (χ1n) is 15.9. The number of hydrogen-bond donors (Lipinski definition) is 3. The third kappa shape index (κ3) is 20.3. The van der Waals surface area contributed by atoms with Gasteiger partial charge in [0.05, 0.1) is 6.42 Å². The van der Waals surface area contributed by atoms with Gasteiger partial charge in [-0.2, -0.15) is 0 Å².